The van der Waals surface area contributed by atoms with Crippen molar-refractivity contribution in [3.05, 3.63) is 71.8 Å². The third-order valence-corrected chi connectivity index (χ3v) is 15.6. The predicted octanol–water partition coefficient (Wildman–Crippen LogP) is -7.70. The molecule has 0 bridgehead atoms. The summed E-state index contributed by atoms with van der Waals surface area (Å²) in [6.45, 7) is 6.79. The molecule has 2 aromatic carbocycles. The molecule has 0 saturated carbocycles. The molecule has 1 heterocycles. The second-order valence-electron chi connectivity index (χ2n) is 24.6. The van der Waals surface area contributed by atoms with Crippen LogP contribution >= 0.6 is 0 Å². The van der Waals surface area contributed by atoms with Gasteiger partial charge in [0.2, 0.25) is 88.6 Å². The molecule has 3 rings (SSSR count). The number of carbonyl (C=O) groups excluding carboxylic acids is 15. The minimum absolute atomic E-state index is 0.00878. The maximum atomic E-state index is 14.5. The van der Waals surface area contributed by atoms with E-state index in [1.165, 1.54) is 20.8 Å². The largest absolute Gasteiger partial charge is 0.480 e. The van der Waals surface area contributed by atoms with Crippen LogP contribution in [0.2, 0.25) is 0 Å². The number of hydrogen-bond acceptors (Lipinski definition) is 20. The summed E-state index contributed by atoms with van der Waals surface area (Å²) in [7, 11) is 0. The van der Waals surface area contributed by atoms with E-state index < -0.39 is 217 Å². The molecule has 0 radical (unpaired) electrons. The summed E-state index contributed by atoms with van der Waals surface area (Å²) in [6.07, 6.45) is -3.35. The normalized spacial score (nSPS) is 16.3. The van der Waals surface area contributed by atoms with Crippen LogP contribution in [-0.2, 0) is 89.6 Å². The molecule has 0 aromatic heterocycles. The molecule has 99 heavy (non-hydrogen) atoms. The first-order valence-corrected chi connectivity index (χ1v) is 32.1. The Morgan fingerprint density at radius 1 is 0.505 bits per heavy atom. The van der Waals surface area contributed by atoms with Crippen molar-refractivity contribution in [3.8, 4) is 0 Å². The fourth-order valence-electron chi connectivity index (χ4n) is 10.2. The fourth-order valence-corrected chi connectivity index (χ4v) is 10.2. The molecule has 13 atom stereocenters. The number of aliphatic carboxylic acids is 1. The van der Waals surface area contributed by atoms with E-state index >= 15 is 0 Å². The van der Waals surface area contributed by atoms with Crippen LogP contribution in [0.4, 0.5) is 0 Å². The van der Waals surface area contributed by atoms with Gasteiger partial charge in [0, 0.05) is 19.4 Å². The molecule has 0 aliphatic carbocycles. The third-order valence-electron chi connectivity index (χ3n) is 15.6. The topological polar surface area (TPSA) is 599 Å². The highest BCUT2D eigenvalue weighted by molar-refractivity contribution is 6.01. The van der Waals surface area contributed by atoms with Crippen LogP contribution in [0.25, 0.3) is 0 Å². The van der Waals surface area contributed by atoms with Gasteiger partial charge in [0.15, 0.2) is 0 Å². The number of aliphatic hydroxyl groups is 2. The van der Waals surface area contributed by atoms with Gasteiger partial charge in [-0.25, -0.2) is 4.79 Å². The zero-order valence-electron chi connectivity index (χ0n) is 56.0. The predicted molar refractivity (Wildman–Crippen MR) is 351 cm³/mol. The molecule has 24 N–H and O–H groups in total. The van der Waals surface area contributed by atoms with Gasteiger partial charge in [0.05, 0.1) is 44.6 Å². The Kier molecular flexibility index (Phi) is 34.5. The first kappa shape index (κ1) is 83.0. The van der Waals surface area contributed by atoms with Crippen LogP contribution in [0.1, 0.15) is 104 Å². The van der Waals surface area contributed by atoms with Crippen LogP contribution in [0, 0.1) is 11.8 Å². The van der Waals surface area contributed by atoms with E-state index in [9.17, 15) is 92.0 Å². The van der Waals surface area contributed by atoms with E-state index in [1.807, 2.05) is 0 Å². The Balaban J connectivity index is 1.72. The van der Waals surface area contributed by atoms with Crippen LogP contribution in [0.5, 0.6) is 0 Å². The summed E-state index contributed by atoms with van der Waals surface area (Å²) in [5.74, 6) is -18.0. The number of amides is 15. The Bertz CT molecular complexity index is 3180. The number of carboxylic acid groups (broad SMARTS) is 1. The van der Waals surface area contributed by atoms with Gasteiger partial charge >= 0.3 is 5.97 Å². The maximum Gasteiger partial charge on any atom is 0.326 e. The van der Waals surface area contributed by atoms with Crippen molar-refractivity contribution >= 4 is 94.6 Å². The van der Waals surface area contributed by atoms with Crippen molar-refractivity contribution in [1.82, 2.24) is 63.4 Å². The number of likely N-dealkylation sites (tertiary alicyclic amines) is 1. The lowest BCUT2D eigenvalue weighted by molar-refractivity contribution is -0.144. The summed E-state index contributed by atoms with van der Waals surface area (Å²) in [5.41, 5.74) is 28.5. The lowest BCUT2D eigenvalue weighted by Crippen LogP contribution is -2.62. The van der Waals surface area contributed by atoms with Crippen LogP contribution < -0.4 is 87.2 Å². The summed E-state index contributed by atoms with van der Waals surface area (Å²) >= 11 is 0. The molecule has 546 valence electrons. The number of primary amides is 3. The van der Waals surface area contributed by atoms with Crippen LogP contribution in [0.15, 0.2) is 60.7 Å². The highest BCUT2D eigenvalue weighted by atomic mass is 16.4. The molecule has 1 saturated heterocycles. The van der Waals surface area contributed by atoms with E-state index in [2.05, 4.69) is 58.5 Å². The monoisotopic (exact) mass is 1390 g/mol. The minimum Gasteiger partial charge on any atom is -0.480 e. The average Bonchev–Trinajstić information content (AvgIpc) is 1.79. The second kappa shape index (κ2) is 41.1. The van der Waals surface area contributed by atoms with Crippen molar-refractivity contribution < 1.29 is 92.0 Å². The summed E-state index contributed by atoms with van der Waals surface area (Å²) < 4.78 is 0. The molecule has 1 fully saturated rings. The third kappa shape index (κ3) is 28.0. The number of rotatable bonds is 42. The number of unbranched alkanes of at least 4 members (excludes halogenated alkanes) is 1. The van der Waals surface area contributed by atoms with Gasteiger partial charge in [-0.1, -0.05) is 88.4 Å². The Labute approximate surface area is 571 Å². The number of nitrogens with one attached hydrogen (secondary N) is 11. The standard InChI is InChI=1S/C63H95N17O19/c1-31(2)49(60(95)69-29-48(86)71-43(30-81)58(93)72-38(20-13-14-22-64)54(89)70-33(5)52(87)76-42(63(98)99)25-36-18-11-8-12-19-36)77-57(92)41(28-47(68)85)75-61(96)51(34(6)82)79-59(94)44-21-15-23-80(44)62(97)50(32(3)4)78-56(91)39(24-35-16-9-7-10-17-35)74-55(90)40(27-46(67)84)73-53(88)37(65)26-45(66)83/h7-12,16-19,31-34,37-44,49-51,81-82H,13-15,20-30,64-65H2,1-6H3,(H2,66,83)(H2,67,84)(H2,68,85)(H,69,95)(H,70,89)(H,71,86)(H,72,93)(H,73,88)(H,74,90)(H,75,96)(H,76,87)(H,77,92)(H,78,91)(H,79,94)(H,98,99)/t33-,34+,37-,38-,39-,40-,41-,42-,43-,44-,49-,50-,51-/m0/s1. The molecule has 15 amide bonds. The van der Waals surface area contributed by atoms with Crippen molar-refractivity contribution in [2.75, 3.05) is 26.2 Å². The Morgan fingerprint density at radius 2 is 0.970 bits per heavy atom. The number of aliphatic hydroxyl groups excluding tert-OH is 2. The Morgan fingerprint density at radius 3 is 1.47 bits per heavy atom. The van der Waals surface area contributed by atoms with Crippen LogP contribution in [0.3, 0.4) is 0 Å². The quantitative estimate of drug-likeness (QED) is 0.0275. The molecule has 1 aliphatic heterocycles. The SMILES string of the molecule is CC(C)[C@H](NC(=O)[C@H](CC(N)=O)NC(=O)[C@@H](NC(=O)[C@@H]1CCCN1C(=O)[C@@H](NC(=O)[C@H](Cc1ccccc1)NC(=O)[C@H](CC(N)=O)NC(=O)[C@@H](N)CC(N)=O)C(C)C)[C@@H](C)O)C(=O)NCC(=O)N[C@@H](CO)C(=O)N[C@@H](CCCCN)C(=O)N[C@@H](C)C(=O)N[C@@H](Cc1ccccc1)C(=O)O. The van der Waals surface area contributed by atoms with Gasteiger partial charge in [-0.15, -0.1) is 0 Å². The summed E-state index contributed by atoms with van der Waals surface area (Å²) in [5, 5.41) is 56.9. The summed E-state index contributed by atoms with van der Waals surface area (Å²) in [4.78, 5) is 213. The summed E-state index contributed by atoms with van der Waals surface area (Å²) in [6, 6.07) is -1.72. The van der Waals surface area contributed by atoms with Crippen molar-refractivity contribution in [3.63, 3.8) is 0 Å². The molecule has 1 aliphatic rings. The van der Waals surface area contributed by atoms with Gasteiger partial charge < -0.3 is 107 Å². The first-order chi connectivity index (χ1) is 46.6. The average molecular weight is 1390 g/mol. The van der Waals surface area contributed by atoms with Gasteiger partial charge in [0.1, 0.15) is 66.5 Å². The smallest absolute Gasteiger partial charge is 0.326 e. The molecule has 36 nitrogen and oxygen atoms in total. The lowest BCUT2D eigenvalue weighted by atomic mass is 9.99. The van der Waals surface area contributed by atoms with E-state index in [-0.39, 0.29) is 45.2 Å². The number of carboxylic acids is 1. The molecule has 2 aromatic rings. The number of carbonyl (C=O) groups is 16. The molecular formula is C63H95N17O19. The zero-order valence-corrected chi connectivity index (χ0v) is 56.0. The highest BCUT2D eigenvalue weighted by Gasteiger charge is 2.43. The number of hydrogen-bond donors (Lipinski definition) is 19. The molecule has 36 heteroatoms. The van der Waals surface area contributed by atoms with E-state index in [4.69, 9.17) is 28.7 Å². The maximum absolute atomic E-state index is 14.5. The fraction of sp³-hybridized carbons (Fsp3) is 0.556. The number of nitrogens with zero attached hydrogens (tertiary/aromatic N) is 1. The van der Waals surface area contributed by atoms with Crippen molar-refractivity contribution in [1.29, 1.82) is 0 Å². The van der Waals surface area contributed by atoms with E-state index in [0.29, 0.717) is 24.0 Å². The van der Waals surface area contributed by atoms with Gasteiger partial charge in [0.25, 0.3) is 0 Å². The first-order valence-electron chi connectivity index (χ1n) is 32.1. The van der Waals surface area contributed by atoms with E-state index in [1.54, 1.807) is 74.5 Å². The highest BCUT2D eigenvalue weighted by Crippen LogP contribution is 2.22. The molecular weight excluding hydrogens is 1300 g/mol. The van der Waals surface area contributed by atoms with Gasteiger partial charge in [-0.05, 0) is 75.5 Å². The van der Waals surface area contributed by atoms with Gasteiger partial charge in [-0.2, -0.15) is 0 Å². The molecule has 0 spiro atoms. The second-order valence-corrected chi connectivity index (χ2v) is 24.6. The van der Waals surface area contributed by atoms with Crippen molar-refractivity contribution in [2.45, 2.75) is 184 Å². The lowest BCUT2D eigenvalue weighted by Gasteiger charge is -2.33. The van der Waals surface area contributed by atoms with Crippen LogP contribution in [-0.4, -0.2) is 220 Å². The molecule has 0 unspecified atom stereocenters. The Hall–Kier alpha value is -10.2. The van der Waals surface area contributed by atoms with E-state index in [0.717, 1.165) is 11.8 Å². The minimum atomic E-state index is -1.89. The van der Waals surface area contributed by atoms with Gasteiger partial charge in [-0.3, -0.25) is 71.9 Å². The zero-order chi connectivity index (χ0) is 74.4. The van der Waals surface area contributed by atoms with Crippen molar-refractivity contribution in [2.24, 2.45) is 40.5 Å². The number of nitrogens with two attached hydrogens (primary N) is 5. The number of benzene rings is 2.